The fourth-order valence-corrected chi connectivity index (χ4v) is 5.50. The van der Waals surface area contributed by atoms with Crippen LogP contribution in [-0.2, 0) is 21.2 Å². The van der Waals surface area contributed by atoms with Gasteiger partial charge in [-0.1, -0.05) is 12.5 Å². The summed E-state index contributed by atoms with van der Waals surface area (Å²) in [5.41, 5.74) is 1.94. The SMILES string of the molecule is CN1CCCCC/C1=N\S(=O)(=O)c1cccc(NC(=O)Cc2csc(-c3cccnc3)n2)c1. The monoisotopic (exact) mass is 483 g/mol. The van der Waals surface area contributed by atoms with Crippen LogP contribution in [0.15, 0.2) is 63.5 Å². The normalized spacial score (nSPS) is 15.9. The van der Waals surface area contributed by atoms with Gasteiger partial charge in [-0.05, 0) is 43.2 Å². The molecule has 1 aliphatic heterocycles. The molecule has 3 heterocycles. The third kappa shape index (κ3) is 6.02. The van der Waals surface area contributed by atoms with Crippen molar-refractivity contribution in [3.63, 3.8) is 0 Å². The van der Waals surface area contributed by atoms with Crippen LogP contribution < -0.4 is 5.32 Å². The standard InChI is InChI=1S/C23H25N5O3S2/c1-28-12-4-2-3-10-21(28)27-33(30,31)20-9-5-8-18(13-20)25-22(29)14-19-16-32-23(26-19)17-7-6-11-24-15-17/h5-9,11,13,15-16H,2-4,10,12,14H2,1H3,(H,25,29)/b27-21+. The van der Waals surface area contributed by atoms with E-state index >= 15 is 0 Å². The van der Waals surface area contributed by atoms with Crippen LogP contribution in [0.3, 0.4) is 0 Å². The van der Waals surface area contributed by atoms with Crippen molar-refractivity contribution in [2.75, 3.05) is 18.9 Å². The maximum atomic E-state index is 12.9. The van der Waals surface area contributed by atoms with Crippen LogP contribution in [0.2, 0.25) is 0 Å². The van der Waals surface area contributed by atoms with E-state index in [9.17, 15) is 13.2 Å². The molecule has 1 aliphatic rings. The fourth-order valence-electron chi connectivity index (χ4n) is 3.55. The summed E-state index contributed by atoms with van der Waals surface area (Å²) in [5.74, 6) is 0.303. The van der Waals surface area contributed by atoms with Crippen molar-refractivity contribution in [2.24, 2.45) is 4.40 Å². The van der Waals surface area contributed by atoms with Crippen molar-refractivity contribution in [3.8, 4) is 10.6 Å². The van der Waals surface area contributed by atoms with Gasteiger partial charge in [-0.3, -0.25) is 9.78 Å². The molecule has 3 aromatic rings. The average molecular weight is 484 g/mol. The molecule has 0 unspecified atom stereocenters. The Bertz CT molecular complexity index is 1260. The summed E-state index contributed by atoms with van der Waals surface area (Å²) < 4.78 is 29.9. The summed E-state index contributed by atoms with van der Waals surface area (Å²) in [7, 11) is -2.01. The number of pyridine rings is 1. The molecule has 0 bridgehead atoms. The van der Waals surface area contributed by atoms with Crippen molar-refractivity contribution >= 4 is 38.8 Å². The third-order valence-electron chi connectivity index (χ3n) is 5.28. The van der Waals surface area contributed by atoms with Gasteiger partial charge in [0.15, 0.2) is 0 Å². The highest BCUT2D eigenvalue weighted by atomic mass is 32.2. The summed E-state index contributed by atoms with van der Waals surface area (Å²) >= 11 is 1.45. The molecule has 172 valence electrons. The Balaban J connectivity index is 1.44. The number of thiazole rings is 1. The molecule has 10 heteroatoms. The molecular weight excluding hydrogens is 458 g/mol. The van der Waals surface area contributed by atoms with Gasteiger partial charge in [0.1, 0.15) is 10.8 Å². The van der Waals surface area contributed by atoms with E-state index in [1.165, 1.54) is 23.5 Å². The number of hydrogen-bond donors (Lipinski definition) is 1. The zero-order valence-corrected chi connectivity index (χ0v) is 19.9. The first-order valence-corrected chi connectivity index (χ1v) is 13.0. The number of rotatable bonds is 6. The van der Waals surface area contributed by atoms with E-state index in [0.717, 1.165) is 36.4 Å². The molecule has 1 fully saturated rings. The third-order valence-corrected chi connectivity index (χ3v) is 7.52. The van der Waals surface area contributed by atoms with Gasteiger partial charge < -0.3 is 10.2 Å². The molecule has 1 saturated heterocycles. The molecule has 0 aliphatic carbocycles. The summed E-state index contributed by atoms with van der Waals surface area (Å²) in [6.45, 7) is 0.795. The van der Waals surface area contributed by atoms with Gasteiger partial charge in [-0.2, -0.15) is 8.42 Å². The second-order valence-corrected chi connectivity index (χ2v) is 10.3. The van der Waals surface area contributed by atoms with Crippen LogP contribution >= 0.6 is 11.3 Å². The van der Waals surface area contributed by atoms with Gasteiger partial charge in [0.2, 0.25) is 5.91 Å². The first kappa shape index (κ1) is 23.1. The zero-order chi connectivity index (χ0) is 23.3. The number of sulfonamides is 1. The van der Waals surface area contributed by atoms with Crippen molar-refractivity contribution in [3.05, 3.63) is 59.9 Å². The van der Waals surface area contributed by atoms with E-state index in [-0.39, 0.29) is 17.2 Å². The first-order valence-electron chi connectivity index (χ1n) is 10.7. The van der Waals surface area contributed by atoms with Crippen LogP contribution in [0.25, 0.3) is 10.6 Å². The van der Waals surface area contributed by atoms with Crippen LogP contribution in [0.1, 0.15) is 31.4 Å². The van der Waals surface area contributed by atoms with E-state index in [0.29, 0.717) is 23.6 Å². The molecular formula is C23H25N5O3S2. The smallest absolute Gasteiger partial charge is 0.284 e. The highest BCUT2D eigenvalue weighted by Gasteiger charge is 2.19. The lowest BCUT2D eigenvalue weighted by atomic mass is 10.2. The fraction of sp³-hybridized carbons (Fsp3) is 0.304. The minimum absolute atomic E-state index is 0.0537. The molecule has 0 radical (unpaired) electrons. The average Bonchev–Trinajstić information content (AvgIpc) is 3.17. The van der Waals surface area contributed by atoms with E-state index in [1.807, 2.05) is 29.5 Å². The molecule has 0 saturated carbocycles. The van der Waals surface area contributed by atoms with Crippen molar-refractivity contribution in [2.45, 2.75) is 37.0 Å². The van der Waals surface area contributed by atoms with E-state index in [2.05, 4.69) is 19.7 Å². The summed E-state index contributed by atoms with van der Waals surface area (Å²) in [6, 6.07) is 9.94. The molecule has 0 atom stereocenters. The van der Waals surface area contributed by atoms with Gasteiger partial charge in [0.25, 0.3) is 10.0 Å². The summed E-state index contributed by atoms with van der Waals surface area (Å²) in [6.07, 6.45) is 7.16. The molecule has 4 rings (SSSR count). The quantitative estimate of drug-likeness (QED) is 0.569. The van der Waals surface area contributed by atoms with Gasteiger partial charge >= 0.3 is 0 Å². The number of likely N-dealkylation sites (tertiary alicyclic amines) is 1. The molecule has 1 aromatic carbocycles. The first-order chi connectivity index (χ1) is 15.9. The Morgan fingerprint density at radius 2 is 2.09 bits per heavy atom. The zero-order valence-electron chi connectivity index (χ0n) is 18.3. The number of anilines is 1. The van der Waals surface area contributed by atoms with Crippen LogP contribution in [-0.4, -0.2) is 48.6 Å². The van der Waals surface area contributed by atoms with Crippen molar-refractivity contribution in [1.82, 2.24) is 14.9 Å². The number of nitrogens with one attached hydrogen (secondary N) is 1. The second kappa shape index (κ2) is 10.2. The largest absolute Gasteiger partial charge is 0.362 e. The molecule has 33 heavy (non-hydrogen) atoms. The van der Waals surface area contributed by atoms with Crippen molar-refractivity contribution in [1.29, 1.82) is 0 Å². The van der Waals surface area contributed by atoms with Gasteiger partial charge in [-0.25, -0.2) is 4.98 Å². The lowest BCUT2D eigenvalue weighted by molar-refractivity contribution is -0.115. The minimum atomic E-state index is -3.88. The molecule has 1 amide bonds. The van der Waals surface area contributed by atoms with E-state index in [4.69, 9.17) is 0 Å². The Hall–Kier alpha value is -3.11. The Morgan fingerprint density at radius 3 is 2.91 bits per heavy atom. The number of nitrogens with zero attached hydrogens (tertiary/aromatic N) is 4. The maximum Gasteiger partial charge on any atom is 0.284 e. The predicted molar refractivity (Wildman–Crippen MR) is 130 cm³/mol. The highest BCUT2D eigenvalue weighted by molar-refractivity contribution is 7.90. The van der Waals surface area contributed by atoms with Crippen LogP contribution in [0, 0.1) is 0 Å². The number of benzene rings is 1. The van der Waals surface area contributed by atoms with Crippen LogP contribution in [0.4, 0.5) is 5.69 Å². The molecule has 0 spiro atoms. The minimum Gasteiger partial charge on any atom is -0.362 e. The topological polar surface area (TPSA) is 105 Å². The molecule has 2 aromatic heterocycles. The number of amidine groups is 1. The number of aromatic nitrogens is 2. The van der Waals surface area contributed by atoms with E-state index < -0.39 is 10.0 Å². The Kier molecular flexibility index (Phi) is 7.14. The van der Waals surface area contributed by atoms with Gasteiger partial charge in [0.05, 0.1) is 17.0 Å². The maximum absolute atomic E-state index is 12.9. The second-order valence-electron chi connectivity index (χ2n) is 7.85. The summed E-state index contributed by atoms with van der Waals surface area (Å²) in [4.78, 5) is 23.1. The van der Waals surface area contributed by atoms with Crippen LogP contribution in [0.5, 0.6) is 0 Å². The van der Waals surface area contributed by atoms with Gasteiger partial charge in [-0.15, -0.1) is 15.7 Å². The number of carbonyl (C=O) groups is 1. The Morgan fingerprint density at radius 1 is 1.21 bits per heavy atom. The Labute approximate surface area is 197 Å². The van der Waals surface area contributed by atoms with Gasteiger partial charge in [0, 0.05) is 49.0 Å². The predicted octanol–water partition coefficient (Wildman–Crippen LogP) is 3.98. The highest BCUT2D eigenvalue weighted by Crippen LogP contribution is 2.24. The van der Waals surface area contributed by atoms with E-state index in [1.54, 1.807) is 24.5 Å². The number of hydrogen-bond acceptors (Lipinski definition) is 6. The molecule has 1 N–H and O–H groups in total. The summed E-state index contributed by atoms with van der Waals surface area (Å²) in [5, 5.41) is 5.39. The lowest BCUT2D eigenvalue weighted by Gasteiger charge is -2.17. The number of carbonyl (C=O) groups excluding carboxylic acids is 1. The number of amides is 1. The lowest BCUT2D eigenvalue weighted by Crippen LogP contribution is -2.26. The molecule has 8 nitrogen and oxygen atoms in total. The van der Waals surface area contributed by atoms with Crippen molar-refractivity contribution < 1.29 is 13.2 Å².